The molecule has 0 bridgehead atoms. The van der Waals surface area contributed by atoms with E-state index in [1.807, 2.05) is 10.8 Å². The van der Waals surface area contributed by atoms with Crippen molar-refractivity contribution in [1.82, 2.24) is 19.1 Å². The molecule has 2 heterocycles. The fraction of sp³-hybridized carbons (Fsp3) is 0.333. The van der Waals surface area contributed by atoms with Crippen LogP contribution in [0.3, 0.4) is 0 Å². The van der Waals surface area contributed by atoms with Crippen LogP contribution >= 0.6 is 0 Å². The molecule has 0 aliphatic carbocycles. The second-order valence-corrected chi connectivity index (χ2v) is 3.08. The summed E-state index contributed by atoms with van der Waals surface area (Å²) in [6, 6.07) is 0. The Kier molecular flexibility index (Phi) is 2.60. The lowest BCUT2D eigenvalue weighted by atomic mass is 10.4. The fourth-order valence-electron chi connectivity index (χ4n) is 1.36. The van der Waals surface area contributed by atoms with E-state index in [9.17, 15) is 0 Å². The van der Waals surface area contributed by atoms with Gasteiger partial charge in [0.2, 0.25) is 0 Å². The maximum atomic E-state index is 5.56. The number of hydrogen-bond donors (Lipinski definition) is 1. The highest BCUT2D eigenvalue weighted by Crippen LogP contribution is 1.98. The van der Waals surface area contributed by atoms with Gasteiger partial charge in [-0.2, -0.15) is 0 Å². The van der Waals surface area contributed by atoms with Gasteiger partial charge in [-0.25, -0.2) is 9.97 Å². The molecule has 0 unspecified atom stereocenters. The molecular formula is C9H13N5. The van der Waals surface area contributed by atoms with Gasteiger partial charge in [0.25, 0.3) is 0 Å². The maximum absolute atomic E-state index is 5.56. The third-order valence-corrected chi connectivity index (χ3v) is 2.17. The summed E-state index contributed by atoms with van der Waals surface area (Å²) in [6.07, 6.45) is 9.13. The zero-order valence-electron chi connectivity index (χ0n) is 7.87. The van der Waals surface area contributed by atoms with Gasteiger partial charge in [0.15, 0.2) is 0 Å². The molecule has 5 nitrogen and oxygen atoms in total. The van der Waals surface area contributed by atoms with Crippen LogP contribution in [0.15, 0.2) is 31.2 Å². The van der Waals surface area contributed by atoms with Gasteiger partial charge >= 0.3 is 0 Å². The quantitative estimate of drug-likeness (QED) is 0.753. The van der Waals surface area contributed by atoms with Gasteiger partial charge in [-0.3, -0.25) is 0 Å². The zero-order chi connectivity index (χ0) is 9.80. The predicted octanol–water partition coefficient (Wildman–Crippen LogP) is 0.238. The second-order valence-electron chi connectivity index (χ2n) is 3.08. The van der Waals surface area contributed by atoms with Crippen LogP contribution in [0, 0.1) is 0 Å². The summed E-state index contributed by atoms with van der Waals surface area (Å²) in [5.41, 5.74) is 6.62. The largest absolute Gasteiger partial charge is 0.336 e. The molecule has 74 valence electrons. The highest BCUT2D eigenvalue weighted by Gasteiger charge is 1.98. The Hall–Kier alpha value is -1.62. The molecular weight excluding hydrogens is 178 g/mol. The third kappa shape index (κ3) is 1.82. The molecule has 0 atom stereocenters. The standard InChI is InChI=1S/C9H13N5/c10-5-9-6-12-8-14(9)4-3-13-2-1-11-7-13/h1-2,6-8H,3-5,10H2. The molecule has 2 aromatic heterocycles. The monoisotopic (exact) mass is 191 g/mol. The van der Waals surface area contributed by atoms with Crippen LogP contribution in [0.25, 0.3) is 0 Å². The van der Waals surface area contributed by atoms with Crippen molar-refractivity contribution in [3.63, 3.8) is 0 Å². The fourth-order valence-corrected chi connectivity index (χ4v) is 1.36. The highest BCUT2D eigenvalue weighted by atomic mass is 15.1. The van der Waals surface area contributed by atoms with E-state index in [4.69, 9.17) is 5.73 Å². The average molecular weight is 191 g/mol. The molecule has 2 N–H and O–H groups in total. The van der Waals surface area contributed by atoms with Gasteiger partial charge in [-0.15, -0.1) is 0 Å². The summed E-state index contributed by atoms with van der Waals surface area (Å²) in [4.78, 5) is 8.03. The highest BCUT2D eigenvalue weighted by molar-refractivity contribution is 4.97. The normalized spacial score (nSPS) is 10.6. The van der Waals surface area contributed by atoms with Crippen LogP contribution in [0.2, 0.25) is 0 Å². The van der Waals surface area contributed by atoms with Gasteiger partial charge in [0.05, 0.1) is 18.3 Å². The number of imidazole rings is 2. The lowest BCUT2D eigenvalue weighted by Gasteiger charge is -2.06. The van der Waals surface area contributed by atoms with E-state index in [2.05, 4.69) is 14.5 Å². The lowest BCUT2D eigenvalue weighted by Crippen LogP contribution is -2.10. The summed E-state index contributed by atoms with van der Waals surface area (Å²) in [7, 11) is 0. The molecule has 0 aliphatic heterocycles. The van der Waals surface area contributed by atoms with Crippen molar-refractivity contribution in [2.75, 3.05) is 0 Å². The third-order valence-electron chi connectivity index (χ3n) is 2.17. The molecule has 0 amide bonds. The van der Waals surface area contributed by atoms with Crippen molar-refractivity contribution < 1.29 is 0 Å². The van der Waals surface area contributed by atoms with Crippen LogP contribution in [-0.2, 0) is 19.6 Å². The van der Waals surface area contributed by atoms with Gasteiger partial charge < -0.3 is 14.9 Å². The van der Waals surface area contributed by atoms with Crippen molar-refractivity contribution in [3.8, 4) is 0 Å². The van der Waals surface area contributed by atoms with E-state index < -0.39 is 0 Å². The molecule has 0 saturated carbocycles. The Morgan fingerprint density at radius 2 is 2.14 bits per heavy atom. The van der Waals surface area contributed by atoms with Crippen LogP contribution < -0.4 is 5.73 Å². The van der Waals surface area contributed by atoms with E-state index in [-0.39, 0.29) is 0 Å². The molecule has 0 fully saturated rings. The summed E-state index contributed by atoms with van der Waals surface area (Å²) in [5.74, 6) is 0. The van der Waals surface area contributed by atoms with Gasteiger partial charge in [0, 0.05) is 38.2 Å². The van der Waals surface area contributed by atoms with E-state index >= 15 is 0 Å². The van der Waals surface area contributed by atoms with Gasteiger partial charge in [-0.1, -0.05) is 0 Å². The van der Waals surface area contributed by atoms with Crippen molar-refractivity contribution in [3.05, 3.63) is 36.9 Å². The number of nitrogens with two attached hydrogens (primary N) is 1. The first kappa shape index (κ1) is 8.96. The smallest absolute Gasteiger partial charge is 0.0949 e. The summed E-state index contributed by atoms with van der Waals surface area (Å²) < 4.78 is 4.08. The molecule has 5 heteroatoms. The SMILES string of the molecule is NCc1cncn1CCn1ccnc1. The van der Waals surface area contributed by atoms with E-state index in [0.29, 0.717) is 6.54 Å². The molecule has 0 aromatic carbocycles. The van der Waals surface area contributed by atoms with Crippen molar-refractivity contribution in [2.24, 2.45) is 5.73 Å². The molecule has 2 aromatic rings. The number of aromatic nitrogens is 4. The van der Waals surface area contributed by atoms with Crippen molar-refractivity contribution in [2.45, 2.75) is 19.6 Å². The maximum Gasteiger partial charge on any atom is 0.0949 e. The van der Waals surface area contributed by atoms with E-state index in [0.717, 1.165) is 18.8 Å². The minimum atomic E-state index is 0.532. The Labute approximate surface area is 82.2 Å². The minimum absolute atomic E-state index is 0.532. The summed E-state index contributed by atoms with van der Waals surface area (Å²) >= 11 is 0. The Balaban J connectivity index is 1.98. The van der Waals surface area contributed by atoms with Crippen molar-refractivity contribution in [1.29, 1.82) is 0 Å². The molecule has 14 heavy (non-hydrogen) atoms. The lowest BCUT2D eigenvalue weighted by molar-refractivity contribution is 0.562. The topological polar surface area (TPSA) is 61.7 Å². The van der Waals surface area contributed by atoms with Crippen LogP contribution in [0.4, 0.5) is 0 Å². The number of rotatable bonds is 4. The molecule has 0 spiro atoms. The first-order chi connectivity index (χ1) is 6.90. The Morgan fingerprint density at radius 3 is 2.86 bits per heavy atom. The molecule has 2 rings (SSSR count). The molecule has 0 radical (unpaired) electrons. The predicted molar refractivity (Wildman–Crippen MR) is 52.3 cm³/mol. The van der Waals surface area contributed by atoms with Crippen LogP contribution in [-0.4, -0.2) is 19.1 Å². The first-order valence-corrected chi connectivity index (χ1v) is 4.55. The Morgan fingerprint density at radius 1 is 1.21 bits per heavy atom. The Bertz CT molecular complexity index is 376. The summed E-state index contributed by atoms with van der Waals surface area (Å²) in [6.45, 7) is 2.30. The van der Waals surface area contributed by atoms with Crippen LogP contribution in [0.1, 0.15) is 5.69 Å². The number of nitrogens with zero attached hydrogens (tertiary/aromatic N) is 4. The van der Waals surface area contributed by atoms with E-state index in [1.165, 1.54) is 0 Å². The first-order valence-electron chi connectivity index (χ1n) is 4.55. The molecule has 0 aliphatic rings. The minimum Gasteiger partial charge on any atom is -0.336 e. The average Bonchev–Trinajstić information content (AvgIpc) is 2.85. The number of hydrogen-bond acceptors (Lipinski definition) is 3. The zero-order valence-corrected chi connectivity index (χ0v) is 7.87. The molecule has 0 saturated heterocycles. The van der Waals surface area contributed by atoms with Gasteiger partial charge in [-0.05, 0) is 0 Å². The van der Waals surface area contributed by atoms with E-state index in [1.54, 1.807) is 25.0 Å². The van der Waals surface area contributed by atoms with Crippen molar-refractivity contribution >= 4 is 0 Å². The van der Waals surface area contributed by atoms with Gasteiger partial charge in [0.1, 0.15) is 0 Å². The second kappa shape index (κ2) is 4.06. The summed E-state index contributed by atoms with van der Waals surface area (Å²) in [5, 5.41) is 0. The number of aryl methyl sites for hydroxylation is 2. The van der Waals surface area contributed by atoms with Crippen LogP contribution in [0.5, 0.6) is 0 Å².